The number of carbonyl (C=O) groups excluding carboxylic acids is 1. The van der Waals surface area contributed by atoms with Crippen molar-refractivity contribution in [2.24, 2.45) is 5.92 Å². The van der Waals surface area contributed by atoms with E-state index in [9.17, 15) is 4.79 Å². The van der Waals surface area contributed by atoms with Crippen LogP contribution in [-0.4, -0.2) is 32.0 Å². The van der Waals surface area contributed by atoms with E-state index in [0.717, 1.165) is 49.5 Å². The highest BCUT2D eigenvalue weighted by molar-refractivity contribution is 5.99. The molecule has 96 valence electrons. The standard InChI is InChI=1S/C14H18N2O2/c17-14(11-2-1-5-15-9-11)10-3-4-13-12(8-10)16-6-7-18-13/h3-4,8,11,15-16H,1-2,5-7,9H2. The number of piperidine rings is 1. The molecule has 2 N–H and O–H groups in total. The first-order valence-electron chi connectivity index (χ1n) is 6.60. The Morgan fingerprint density at radius 3 is 3.11 bits per heavy atom. The smallest absolute Gasteiger partial charge is 0.167 e. The Hall–Kier alpha value is -1.55. The van der Waals surface area contributed by atoms with Gasteiger partial charge in [0.15, 0.2) is 5.78 Å². The minimum Gasteiger partial charge on any atom is -0.490 e. The number of ether oxygens (including phenoxy) is 1. The number of carbonyl (C=O) groups is 1. The summed E-state index contributed by atoms with van der Waals surface area (Å²) in [7, 11) is 0. The highest BCUT2D eigenvalue weighted by atomic mass is 16.5. The number of Topliss-reactive ketones (excluding diaryl/α,β-unsaturated/α-hetero) is 1. The minimum atomic E-state index is 0.126. The van der Waals surface area contributed by atoms with E-state index in [1.165, 1.54) is 0 Å². The lowest BCUT2D eigenvalue weighted by Crippen LogP contribution is -2.34. The number of anilines is 1. The molecular formula is C14H18N2O2. The van der Waals surface area contributed by atoms with Gasteiger partial charge in [0.05, 0.1) is 5.69 Å². The van der Waals surface area contributed by atoms with E-state index in [0.29, 0.717) is 6.61 Å². The van der Waals surface area contributed by atoms with Gasteiger partial charge >= 0.3 is 0 Å². The van der Waals surface area contributed by atoms with Gasteiger partial charge in [-0.2, -0.15) is 0 Å². The van der Waals surface area contributed by atoms with Gasteiger partial charge in [-0.25, -0.2) is 0 Å². The van der Waals surface area contributed by atoms with Crippen molar-refractivity contribution >= 4 is 11.5 Å². The Bertz CT molecular complexity index is 453. The van der Waals surface area contributed by atoms with Crippen molar-refractivity contribution in [3.63, 3.8) is 0 Å². The monoisotopic (exact) mass is 246 g/mol. The van der Waals surface area contributed by atoms with E-state index < -0.39 is 0 Å². The molecule has 18 heavy (non-hydrogen) atoms. The molecule has 0 bridgehead atoms. The van der Waals surface area contributed by atoms with Gasteiger partial charge < -0.3 is 15.4 Å². The van der Waals surface area contributed by atoms with Crippen molar-refractivity contribution < 1.29 is 9.53 Å². The van der Waals surface area contributed by atoms with Gasteiger partial charge in [0.1, 0.15) is 12.4 Å². The quantitative estimate of drug-likeness (QED) is 0.779. The van der Waals surface area contributed by atoms with E-state index in [4.69, 9.17) is 4.74 Å². The molecule has 0 amide bonds. The summed E-state index contributed by atoms with van der Waals surface area (Å²) in [4.78, 5) is 12.4. The molecule has 0 aliphatic carbocycles. The molecule has 1 unspecified atom stereocenters. The number of hydrogen-bond acceptors (Lipinski definition) is 4. The third-order valence-corrected chi connectivity index (χ3v) is 3.61. The number of benzene rings is 1. The van der Waals surface area contributed by atoms with E-state index in [-0.39, 0.29) is 11.7 Å². The van der Waals surface area contributed by atoms with Gasteiger partial charge in [-0.1, -0.05) is 0 Å². The number of hydrogen-bond donors (Lipinski definition) is 2. The average Bonchev–Trinajstić information content (AvgIpc) is 2.47. The van der Waals surface area contributed by atoms with Crippen LogP contribution >= 0.6 is 0 Å². The lowest BCUT2D eigenvalue weighted by molar-refractivity contribution is 0.0899. The van der Waals surface area contributed by atoms with Crippen molar-refractivity contribution in [2.75, 3.05) is 31.6 Å². The number of ketones is 1. The molecule has 0 aromatic heterocycles. The van der Waals surface area contributed by atoms with Crippen LogP contribution in [0.2, 0.25) is 0 Å². The lowest BCUT2D eigenvalue weighted by Gasteiger charge is -2.23. The van der Waals surface area contributed by atoms with Gasteiger partial charge in [0.2, 0.25) is 0 Å². The predicted molar refractivity (Wildman–Crippen MR) is 70.4 cm³/mol. The second kappa shape index (κ2) is 4.98. The van der Waals surface area contributed by atoms with Crippen LogP contribution < -0.4 is 15.4 Å². The van der Waals surface area contributed by atoms with Crippen molar-refractivity contribution in [2.45, 2.75) is 12.8 Å². The zero-order valence-corrected chi connectivity index (χ0v) is 10.4. The van der Waals surface area contributed by atoms with Crippen LogP contribution in [0.25, 0.3) is 0 Å². The lowest BCUT2D eigenvalue weighted by atomic mass is 9.91. The summed E-state index contributed by atoms with van der Waals surface area (Å²) >= 11 is 0. The molecule has 1 saturated heterocycles. The summed E-state index contributed by atoms with van der Waals surface area (Å²) in [6, 6.07) is 5.69. The van der Waals surface area contributed by atoms with Crippen LogP contribution in [-0.2, 0) is 0 Å². The first-order chi connectivity index (χ1) is 8.84. The molecule has 1 aromatic rings. The maximum absolute atomic E-state index is 12.4. The first-order valence-corrected chi connectivity index (χ1v) is 6.60. The molecule has 2 aliphatic heterocycles. The third kappa shape index (κ3) is 2.20. The molecular weight excluding hydrogens is 228 g/mol. The summed E-state index contributed by atoms with van der Waals surface area (Å²) in [6.45, 7) is 3.33. The van der Waals surface area contributed by atoms with Crippen molar-refractivity contribution in [1.82, 2.24) is 5.32 Å². The second-order valence-corrected chi connectivity index (χ2v) is 4.89. The van der Waals surface area contributed by atoms with Gasteiger partial charge in [-0.15, -0.1) is 0 Å². The summed E-state index contributed by atoms with van der Waals surface area (Å²) in [5, 5.41) is 6.55. The highest BCUT2D eigenvalue weighted by Crippen LogP contribution is 2.29. The molecule has 4 heteroatoms. The molecule has 2 aliphatic rings. The fourth-order valence-electron chi connectivity index (χ4n) is 2.61. The molecule has 1 atom stereocenters. The molecule has 3 rings (SSSR count). The molecule has 0 radical (unpaired) electrons. The molecule has 0 saturated carbocycles. The summed E-state index contributed by atoms with van der Waals surface area (Å²) < 4.78 is 5.52. The average molecular weight is 246 g/mol. The second-order valence-electron chi connectivity index (χ2n) is 4.89. The van der Waals surface area contributed by atoms with E-state index in [1.807, 2.05) is 18.2 Å². The zero-order chi connectivity index (χ0) is 12.4. The van der Waals surface area contributed by atoms with Gasteiger partial charge in [0.25, 0.3) is 0 Å². The van der Waals surface area contributed by atoms with Gasteiger partial charge in [-0.05, 0) is 37.6 Å². The molecule has 0 spiro atoms. The molecule has 1 fully saturated rings. The maximum Gasteiger partial charge on any atom is 0.167 e. The normalized spacial score (nSPS) is 22.6. The van der Waals surface area contributed by atoms with Crippen molar-refractivity contribution in [3.8, 4) is 5.75 Å². The van der Waals surface area contributed by atoms with Crippen LogP contribution in [0.15, 0.2) is 18.2 Å². The largest absolute Gasteiger partial charge is 0.490 e. The Labute approximate surface area is 107 Å². The fraction of sp³-hybridized carbons (Fsp3) is 0.500. The van der Waals surface area contributed by atoms with E-state index in [2.05, 4.69) is 10.6 Å². The van der Waals surface area contributed by atoms with E-state index >= 15 is 0 Å². The Morgan fingerprint density at radius 2 is 2.28 bits per heavy atom. The van der Waals surface area contributed by atoms with Crippen LogP contribution in [0.5, 0.6) is 5.75 Å². The Morgan fingerprint density at radius 1 is 1.33 bits per heavy atom. The Balaban J connectivity index is 1.80. The molecule has 2 heterocycles. The number of rotatable bonds is 2. The van der Waals surface area contributed by atoms with Gasteiger partial charge in [0, 0.05) is 24.6 Å². The topological polar surface area (TPSA) is 50.4 Å². The zero-order valence-electron chi connectivity index (χ0n) is 10.4. The highest BCUT2D eigenvalue weighted by Gasteiger charge is 2.23. The number of fused-ring (bicyclic) bond motifs is 1. The van der Waals surface area contributed by atoms with Crippen LogP contribution in [0, 0.1) is 5.92 Å². The minimum absolute atomic E-state index is 0.126. The van der Waals surface area contributed by atoms with Crippen molar-refractivity contribution in [1.29, 1.82) is 0 Å². The number of nitrogens with one attached hydrogen (secondary N) is 2. The first kappa shape index (κ1) is 11.5. The van der Waals surface area contributed by atoms with Crippen LogP contribution in [0.4, 0.5) is 5.69 Å². The summed E-state index contributed by atoms with van der Waals surface area (Å²) in [5.74, 6) is 1.22. The van der Waals surface area contributed by atoms with Crippen LogP contribution in [0.1, 0.15) is 23.2 Å². The van der Waals surface area contributed by atoms with E-state index in [1.54, 1.807) is 0 Å². The van der Waals surface area contributed by atoms with Gasteiger partial charge in [-0.3, -0.25) is 4.79 Å². The van der Waals surface area contributed by atoms with Crippen LogP contribution in [0.3, 0.4) is 0 Å². The molecule has 4 nitrogen and oxygen atoms in total. The van der Waals surface area contributed by atoms with Crippen molar-refractivity contribution in [3.05, 3.63) is 23.8 Å². The maximum atomic E-state index is 12.4. The fourth-order valence-corrected chi connectivity index (χ4v) is 2.61. The SMILES string of the molecule is O=C(c1ccc2c(c1)NCCO2)C1CCCNC1. The summed E-state index contributed by atoms with van der Waals surface area (Å²) in [5.41, 5.74) is 1.73. The third-order valence-electron chi connectivity index (χ3n) is 3.61. The summed E-state index contributed by atoms with van der Waals surface area (Å²) in [6.07, 6.45) is 2.08. The Kier molecular flexibility index (Phi) is 3.19. The predicted octanol–water partition coefficient (Wildman–Crippen LogP) is 1.67. The molecule has 1 aromatic carbocycles.